The molecular formula is C20H21N3O4. The van der Waals surface area contributed by atoms with Crippen molar-refractivity contribution in [2.45, 2.75) is 20.0 Å². The normalized spacial score (nSPS) is 10.7. The van der Waals surface area contributed by atoms with Gasteiger partial charge in [-0.25, -0.2) is 0 Å². The minimum atomic E-state index is -0.375. The van der Waals surface area contributed by atoms with Crippen LogP contribution in [0.3, 0.4) is 0 Å². The first-order chi connectivity index (χ1) is 13.0. The first kappa shape index (κ1) is 18.4. The van der Waals surface area contributed by atoms with E-state index in [-0.39, 0.29) is 18.0 Å². The quantitative estimate of drug-likeness (QED) is 0.664. The van der Waals surface area contributed by atoms with E-state index in [1.54, 1.807) is 25.3 Å². The predicted octanol–water partition coefficient (Wildman–Crippen LogP) is 3.44. The molecule has 7 heteroatoms. The molecule has 7 nitrogen and oxygen atoms in total. The highest BCUT2D eigenvalue weighted by Gasteiger charge is 2.23. The van der Waals surface area contributed by atoms with Gasteiger partial charge in [0.15, 0.2) is 5.82 Å². The Hall–Kier alpha value is -3.35. The van der Waals surface area contributed by atoms with E-state index in [1.165, 1.54) is 11.8 Å². The summed E-state index contributed by atoms with van der Waals surface area (Å²) >= 11 is 0. The third-order valence-corrected chi connectivity index (χ3v) is 3.79. The molecule has 0 saturated carbocycles. The van der Waals surface area contributed by atoms with E-state index in [0.717, 1.165) is 5.56 Å². The Bertz CT molecular complexity index is 936. The van der Waals surface area contributed by atoms with Gasteiger partial charge in [-0.15, -0.1) is 5.10 Å². The maximum absolute atomic E-state index is 13.2. The fraction of sp³-hybridized carbons (Fsp3) is 0.250. The van der Waals surface area contributed by atoms with Gasteiger partial charge in [0.25, 0.3) is 5.91 Å². The summed E-state index contributed by atoms with van der Waals surface area (Å²) in [5.41, 5.74) is 1.10. The number of ether oxygens (including phenoxy) is 3. The molecule has 1 aromatic heterocycles. The van der Waals surface area contributed by atoms with Crippen molar-refractivity contribution in [1.82, 2.24) is 14.8 Å². The van der Waals surface area contributed by atoms with Crippen LogP contribution in [0.25, 0.3) is 11.4 Å². The van der Waals surface area contributed by atoms with Crippen molar-refractivity contribution >= 4 is 5.91 Å². The molecule has 0 radical (unpaired) electrons. The van der Waals surface area contributed by atoms with Gasteiger partial charge in [0.2, 0.25) is 0 Å². The van der Waals surface area contributed by atoms with Gasteiger partial charge in [0.05, 0.1) is 25.9 Å². The molecule has 0 N–H and O–H groups in total. The first-order valence-electron chi connectivity index (χ1n) is 8.49. The molecular weight excluding hydrogens is 346 g/mol. The van der Waals surface area contributed by atoms with Crippen molar-refractivity contribution in [1.29, 1.82) is 0 Å². The van der Waals surface area contributed by atoms with Gasteiger partial charge in [-0.3, -0.25) is 4.79 Å². The van der Waals surface area contributed by atoms with Gasteiger partial charge in [-0.2, -0.15) is 9.67 Å². The summed E-state index contributed by atoms with van der Waals surface area (Å²) in [5.74, 6) is 1.00. The summed E-state index contributed by atoms with van der Waals surface area (Å²) in [7, 11) is 3.05. The van der Waals surface area contributed by atoms with Crippen molar-refractivity contribution < 1.29 is 19.0 Å². The fourth-order valence-electron chi connectivity index (χ4n) is 2.56. The van der Waals surface area contributed by atoms with E-state index in [9.17, 15) is 4.79 Å². The lowest BCUT2D eigenvalue weighted by Gasteiger charge is -2.10. The Labute approximate surface area is 157 Å². The molecule has 0 amide bonds. The van der Waals surface area contributed by atoms with E-state index in [1.807, 2.05) is 44.2 Å². The molecule has 0 atom stereocenters. The molecule has 3 aromatic rings. The molecule has 0 fully saturated rings. The van der Waals surface area contributed by atoms with Crippen LogP contribution in [0.2, 0.25) is 0 Å². The van der Waals surface area contributed by atoms with Gasteiger partial charge in [0, 0.05) is 11.6 Å². The number of rotatable bonds is 6. The fourth-order valence-corrected chi connectivity index (χ4v) is 2.56. The Morgan fingerprint density at radius 3 is 2.41 bits per heavy atom. The lowest BCUT2D eigenvalue weighted by atomic mass is 10.1. The Morgan fingerprint density at radius 2 is 1.78 bits per heavy atom. The van der Waals surface area contributed by atoms with Crippen molar-refractivity contribution in [2.75, 3.05) is 14.2 Å². The Balaban J connectivity index is 2.10. The number of carbonyl (C=O) groups excluding carboxylic acids is 1. The topological polar surface area (TPSA) is 75.5 Å². The van der Waals surface area contributed by atoms with Gasteiger partial charge >= 0.3 is 6.01 Å². The van der Waals surface area contributed by atoms with E-state index in [0.29, 0.717) is 22.9 Å². The molecule has 140 valence electrons. The van der Waals surface area contributed by atoms with E-state index < -0.39 is 0 Å². The van der Waals surface area contributed by atoms with Crippen molar-refractivity contribution in [3.63, 3.8) is 0 Å². The van der Waals surface area contributed by atoms with Crippen LogP contribution < -0.4 is 14.2 Å². The highest BCUT2D eigenvalue weighted by molar-refractivity contribution is 6.00. The molecule has 0 unspecified atom stereocenters. The summed E-state index contributed by atoms with van der Waals surface area (Å²) in [5, 5.41) is 4.27. The third-order valence-electron chi connectivity index (χ3n) is 3.79. The molecule has 0 aliphatic rings. The monoisotopic (exact) mass is 367 g/mol. The lowest BCUT2D eigenvalue weighted by molar-refractivity contribution is 0.0940. The molecule has 0 aliphatic carbocycles. The lowest BCUT2D eigenvalue weighted by Crippen LogP contribution is -2.16. The van der Waals surface area contributed by atoms with Crippen LogP contribution in [0.15, 0.2) is 48.5 Å². The SMILES string of the molecule is COc1ccc(C(=O)n2nc(OC(C)C)nc2-c2ccccc2)c(OC)c1. The van der Waals surface area contributed by atoms with Crippen molar-refractivity contribution in [3.8, 4) is 28.9 Å². The van der Waals surface area contributed by atoms with E-state index >= 15 is 0 Å². The number of aromatic nitrogens is 3. The van der Waals surface area contributed by atoms with Gasteiger partial charge in [0.1, 0.15) is 11.5 Å². The van der Waals surface area contributed by atoms with E-state index in [4.69, 9.17) is 14.2 Å². The van der Waals surface area contributed by atoms with Crippen molar-refractivity contribution in [3.05, 3.63) is 54.1 Å². The van der Waals surface area contributed by atoms with Crippen LogP contribution in [0, 0.1) is 0 Å². The number of hydrogen-bond acceptors (Lipinski definition) is 6. The second kappa shape index (κ2) is 7.90. The van der Waals surface area contributed by atoms with Gasteiger partial charge in [-0.1, -0.05) is 30.3 Å². The number of benzene rings is 2. The van der Waals surface area contributed by atoms with Crippen molar-refractivity contribution in [2.24, 2.45) is 0 Å². The standard InChI is InChI=1S/C20H21N3O4/c1-13(2)27-20-21-18(14-8-6-5-7-9-14)23(22-20)19(24)16-11-10-15(25-3)12-17(16)26-4/h5-13H,1-4H3. The minimum Gasteiger partial charge on any atom is -0.497 e. The zero-order valence-electron chi connectivity index (χ0n) is 15.7. The largest absolute Gasteiger partial charge is 0.497 e. The average molecular weight is 367 g/mol. The summed E-state index contributed by atoms with van der Waals surface area (Å²) in [6.07, 6.45) is -0.116. The predicted molar refractivity (Wildman–Crippen MR) is 100 cm³/mol. The molecule has 1 heterocycles. The van der Waals surface area contributed by atoms with Crippen LogP contribution in [0.1, 0.15) is 24.2 Å². The highest BCUT2D eigenvalue weighted by atomic mass is 16.5. The maximum atomic E-state index is 13.2. The first-order valence-corrected chi connectivity index (χ1v) is 8.49. The van der Waals surface area contributed by atoms with E-state index in [2.05, 4.69) is 10.1 Å². The molecule has 2 aromatic carbocycles. The smallest absolute Gasteiger partial charge is 0.336 e. The number of hydrogen-bond donors (Lipinski definition) is 0. The zero-order chi connectivity index (χ0) is 19.4. The summed E-state index contributed by atoms with van der Waals surface area (Å²) in [4.78, 5) is 17.6. The molecule has 27 heavy (non-hydrogen) atoms. The average Bonchev–Trinajstić information content (AvgIpc) is 3.10. The summed E-state index contributed by atoms with van der Waals surface area (Å²) < 4.78 is 17.4. The van der Waals surface area contributed by atoms with Crippen LogP contribution in [-0.2, 0) is 0 Å². The second-order valence-electron chi connectivity index (χ2n) is 6.03. The molecule has 0 saturated heterocycles. The number of carbonyl (C=O) groups is 1. The number of methoxy groups -OCH3 is 2. The summed E-state index contributed by atoms with van der Waals surface area (Å²) in [6.45, 7) is 3.74. The minimum absolute atomic E-state index is 0.116. The molecule has 0 bridgehead atoms. The Morgan fingerprint density at radius 1 is 1.04 bits per heavy atom. The van der Waals surface area contributed by atoms with Crippen LogP contribution in [-0.4, -0.2) is 41.0 Å². The number of nitrogens with zero attached hydrogens (tertiary/aromatic N) is 3. The van der Waals surface area contributed by atoms with Crippen LogP contribution in [0.5, 0.6) is 17.5 Å². The third kappa shape index (κ3) is 3.92. The summed E-state index contributed by atoms with van der Waals surface area (Å²) in [6, 6.07) is 14.5. The van der Waals surface area contributed by atoms with Gasteiger partial charge < -0.3 is 14.2 Å². The second-order valence-corrected chi connectivity index (χ2v) is 6.03. The van der Waals surface area contributed by atoms with Crippen LogP contribution in [0.4, 0.5) is 0 Å². The molecule has 0 aliphatic heterocycles. The zero-order valence-corrected chi connectivity index (χ0v) is 15.7. The van der Waals surface area contributed by atoms with Crippen LogP contribution >= 0.6 is 0 Å². The molecule has 3 rings (SSSR count). The van der Waals surface area contributed by atoms with Gasteiger partial charge in [-0.05, 0) is 26.0 Å². The maximum Gasteiger partial charge on any atom is 0.336 e. The highest BCUT2D eigenvalue weighted by Crippen LogP contribution is 2.27. The Kier molecular flexibility index (Phi) is 5.40. The molecule has 0 spiro atoms.